The SMILES string of the molecule is CC.CCC1CCN(CCO)CC1. The van der Waals surface area contributed by atoms with E-state index >= 15 is 0 Å². The highest BCUT2D eigenvalue weighted by Gasteiger charge is 2.16. The van der Waals surface area contributed by atoms with Crippen LogP contribution in [0.15, 0.2) is 0 Å². The van der Waals surface area contributed by atoms with Crippen molar-refractivity contribution < 1.29 is 5.11 Å². The van der Waals surface area contributed by atoms with Gasteiger partial charge in [-0.15, -0.1) is 0 Å². The summed E-state index contributed by atoms with van der Waals surface area (Å²) in [7, 11) is 0. The molecular weight excluding hydrogens is 162 g/mol. The van der Waals surface area contributed by atoms with E-state index in [2.05, 4.69) is 11.8 Å². The highest BCUT2D eigenvalue weighted by atomic mass is 16.3. The van der Waals surface area contributed by atoms with Crippen molar-refractivity contribution in [3.05, 3.63) is 0 Å². The smallest absolute Gasteiger partial charge is 0.0558 e. The minimum Gasteiger partial charge on any atom is -0.395 e. The van der Waals surface area contributed by atoms with Gasteiger partial charge in [0.05, 0.1) is 6.61 Å². The second-order valence-corrected chi connectivity index (χ2v) is 3.42. The Labute approximate surface area is 82.9 Å². The Kier molecular flexibility index (Phi) is 8.46. The molecule has 80 valence electrons. The van der Waals surface area contributed by atoms with Gasteiger partial charge in [0.25, 0.3) is 0 Å². The molecule has 0 aromatic rings. The fourth-order valence-corrected chi connectivity index (χ4v) is 1.76. The van der Waals surface area contributed by atoms with Crippen molar-refractivity contribution >= 4 is 0 Å². The summed E-state index contributed by atoms with van der Waals surface area (Å²) in [4.78, 5) is 2.35. The molecule has 0 aromatic heterocycles. The van der Waals surface area contributed by atoms with Crippen LogP contribution < -0.4 is 0 Å². The van der Waals surface area contributed by atoms with Crippen LogP contribution in [0.3, 0.4) is 0 Å². The first kappa shape index (κ1) is 12.9. The normalized spacial score (nSPS) is 19.4. The fraction of sp³-hybridized carbons (Fsp3) is 1.00. The zero-order valence-electron chi connectivity index (χ0n) is 9.42. The lowest BCUT2D eigenvalue weighted by Crippen LogP contribution is -2.35. The van der Waals surface area contributed by atoms with Gasteiger partial charge in [-0.1, -0.05) is 27.2 Å². The molecule has 1 heterocycles. The number of β-amino-alcohol motifs (C(OH)–C–C–N with tert-alkyl or cyclic N) is 1. The maximum absolute atomic E-state index is 8.70. The lowest BCUT2D eigenvalue weighted by molar-refractivity contribution is 0.146. The van der Waals surface area contributed by atoms with E-state index < -0.39 is 0 Å². The largest absolute Gasteiger partial charge is 0.395 e. The third-order valence-electron chi connectivity index (χ3n) is 2.70. The number of rotatable bonds is 3. The highest BCUT2D eigenvalue weighted by Crippen LogP contribution is 2.19. The van der Waals surface area contributed by atoms with Gasteiger partial charge in [0.1, 0.15) is 0 Å². The van der Waals surface area contributed by atoms with Gasteiger partial charge in [-0.05, 0) is 31.8 Å². The predicted molar refractivity (Wildman–Crippen MR) is 57.9 cm³/mol. The van der Waals surface area contributed by atoms with E-state index in [0.29, 0.717) is 6.61 Å². The van der Waals surface area contributed by atoms with Gasteiger partial charge >= 0.3 is 0 Å². The van der Waals surface area contributed by atoms with Crippen LogP contribution in [0.1, 0.15) is 40.0 Å². The van der Waals surface area contributed by atoms with Crippen molar-refractivity contribution in [3.8, 4) is 0 Å². The van der Waals surface area contributed by atoms with E-state index in [1.165, 1.54) is 32.4 Å². The standard InChI is InChI=1S/C9H19NO.C2H6/c1-2-9-3-5-10(6-4-9)7-8-11;1-2/h9,11H,2-8H2,1H3;1-2H3. The lowest BCUT2D eigenvalue weighted by Gasteiger charge is -2.30. The third kappa shape index (κ3) is 5.27. The van der Waals surface area contributed by atoms with Gasteiger partial charge in [-0.3, -0.25) is 0 Å². The quantitative estimate of drug-likeness (QED) is 0.731. The van der Waals surface area contributed by atoms with Crippen molar-refractivity contribution in [1.82, 2.24) is 4.90 Å². The Hall–Kier alpha value is -0.0800. The van der Waals surface area contributed by atoms with Crippen LogP contribution in [0.2, 0.25) is 0 Å². The first-order valence-electron chi connectivity index (χ1n) is 5.70. The minimum atomic E-state index is 0.316. The molecule has 0 radical (unpaired) electrons. The average Bonchev–Trinajstić information content (AvgIpc) is 2.23. The Morgan fingerprint density at radius 1 is 1.23 bits per heavy atom. The molecule has 0 aromatic carbocycles. The van der Waals surface area contributed by atoms with E-state index in [4.69, 9.17) is 5.11 Å². The topological polar surface area (TPSA) is 23.5 Å². The molecule has 1 aliphatic rings. The van der Waals surface area contributed by atoms with Crippen LogP contribution in [0.25, 0.3) is 0 Å². The van der Waals surface area contributed by atoms with Crippen molar-refractivity contribution in [2.24, 2.45) is 5.92 Å². The van der Waals surface area contributed by atoms with Crippen LogP contribution in [0, 0.1) is 5.92 Å². The van der Waals surface area contributed by atoms with Crippen LogP contribution in [0.4, 0.5) is 0 Å². The van der Waals surface area contributed by atoms with Gasteiger partial charge < -0.3 is 10.0 Å². The fourth-order valence-electron chi connectivity index (χ4n) is 1.76. The molecule has 13 heavy (non-hydrogen) atoms. The van der Waals surface area contributed by atoms with Crippen LogP contribution in [0.5, 0.6) is 0 Å². The molecule has 2 heteroatoms. The molecule has 0 unspecified atom stereocenters. The minimum absolute atomic E-state index is 0.316. The van der Waals surface area contributed by atoms with E-state index in [-0.39, 0.29) is 0 Å². The number of hydrogen-bond donors (Lipinski definition) is 1. The first-order chi connectivity index (χ1) is 6.36. The molecule has 1 aliphatic heterocycles. The maximum atomic E-state index is 8.70. The van der Waals surface area contributed by atoms with Crippen molar-refractivity contribution in [1.29, 1.82) is 0 Å². The Bertz CT molecular complexity index is 98.3. The van der Waals surface area contributed by atoms with Crippen LogP contribution in [-0.2, 0) is 0 Å². The van der Waals surface area contributed by atoms with Crippen molar-refractivity contribution in [2.45, 2.75) is 40.0 Å². The number of hydrogen-bond acceptors (Lipinski definition) is 2. The van der Waals surface area contributed by atoms with Crippen LogP contribution >= 0.6 is 0 Å². The molecule has 0 amide bonds. The zero-order chi connectivity index (χ0) is 10.1. The van der Waals surface area contributed by atoms with Crippen molar-refractivity contribution in [3.63, 3.8) is 0 Å². The van der Waals surface area contributed by atoms with Crippen LogP contribution in [-0.4, -0.2) is 36.2 Å². The summed E-state index contributed by atoms with van der Waals surface area (Å²) in [5.41, 5.74) is 0. The lowest BCUT2D eigenvalue weighted by atomic mass is 9.94. The molecule has 1 rings (SSSR count). The molecule has 1 N–H and O–H groups in total. The number of aliphatic hydroxyl groups is 1. The summed E-state index contributed by atoms with van der Waals surface area (Å²) in [6, 6.07) is 0. The first-order valence-corrected chi connectivity index (χ1v) is 5.70. The zero-order valence-corrected chi connectivity index (χ0v) is 9.42. The molecule has 0 saturated carbocycles. The van der Waals surface area contributed by atoms with Gasteiger partial charge in [-0.2, -0.15) is 0 Å². The molecule has 0 aliphatic carbocycles. The summed E-state index contributed by atoms with van der Waals surface area (Å²) < 4.78 is 0. The third-order valence-corrected chi connectivity index (χ3v) is 2.70. The second-order valence-electron chi connectivity index (χ2n) is 3.42. The van der Waals surface area contributed by atoms with Gasteiger partial charge in [0.15, 0.2) is 0 Å². The maximum Gasteiger partial charge on any atom is 0.0558 e. The Morgan fingerprint density at radius 3 is 2.15 bits per heavy atom. The van der Waals surface area contributed by atoms with E-state index in [1.54, 1.807) is 0 Å². The monoisotopic (exact) mass is 187 g/mol. The number of likely N-dealkylation sites (tertiary alicyclic amines) is 1. The molecule has 0 atom stereocenters. The second kappa shape index (κ2) is 8.52. The number of piperidine rings is 1. The summed E-state index contributed by atoms with van der Waals surface area (Å²) in [6.45, 7) is 9.84. The average molecular weight is 187 g/mol. The number of aliphatic hydroxyl groups excluding tert-OH is 1. The van der Waals surface area contributed by atoms with E-state index in [0.717, 1.165) is 12.5 Å². The van der Waals surface area contributed by atoms with Gasteiger partial charge in [0, 0.05) is 6.54 Å². The molecular formula is C11H25NO. The van der Waals surface area contributed by atoms with Gasteiger partial charge in [-0.25, -0.2) is 0 Å². The Morgan fingerprint density at radius 2 is 1.77 bits per heavy atom. The molecule has 0 spiro atoms. The molecule has 0 bridgehead atoms. The van der Waals surface area contributed by atoms with Crippen molar-refractivity contribution in [2.75, 3.05) is 26.2 Å². The molecule has 1 fully saturated rings. The van der Waals surface area contributed by atoms with E-state index in [1.807, 2.05) is 13.8 Å². The summed E-state index contributed by atoms with van der Waals surface area (Å²) in [5, 5.41) is 8.70. The Balaban J connectivity index is 0.000000671. The predicted octanol–water partition coefficient (Wildman–Crippen LogP) is 2.13. The molecule has 2 nitrogen and oxygen atoms in total. The summed E-state index contributed by atoms with van der Waals surface area (Å²) in [5.74, 6) is 0.949. The van der Waals surface area contributed by atoms with E-state index in [9.17, 15) is 0 Å². The highest BCUT2D eigenvalue weighted by molar-refractivity contribution is 4.70. The molecule has 1 saturated heterocycles. The number of nitrogens with zero attached hydrogens (tertiary/aromatic N) is 1. The van der Waals surface area contributed by atoms with Gasteiger partial charge in [0.2, 0.25) is 0 Å². The summed E-state index contributed by atoms with van der Waals surface area (Å²) in [6.07, 6.45) is 3.99. The summed E-state index contributed by atoms with van der Waals surface area (Å²) >= 11 is 0.